The van der Waals surface area contributed by atoms with E-state index in [1.807, 2.05) is 24.3 Å². The van der Waals surface area contributed by atoms with Crippen molar-refractivity contribution in [2.75, 3.05) is 5.32 Å². The van der Waals surface area contributed by atoms with Gasteiger partial charge in [-0.2, -0.15) is 0 Å². The van der Waals surface area contributed by atoms with Crippen LogP contribution in [-0.2, 0) is 0 Å². The quantitative estimate of drug-likeness (QED) is 0.580. The summed E-state index contributed by atoms with van der Waals surface area (Å²) in [6, 6.07) is 11.7. The van der Waals surface area contributed by atoms with E-state index in [0.29, 0.717) is 10.4 Å². The number of carbonyl (C=O) groups is 1. The van der Waals surface area contributed by atoms with Gasteiger partial charge in [-0.3, -0.25) is 14.9 Å². The third kappa shape index (κ3) is 3.96. The summed E-state index contributed by atoms with van der Waals surface area (Å²) in [5.74, 6) is -0.0728. The predicted molar refractivity (Wildman–Crippen MR) is 93.9 cm³/mol. The molecular formula is C17H17BrN2O3. The molecule has 0 unspecified atom stereocenters. The summed E-state index contributed by atoms with van der Waals surface area (Å²) in [6.45, 7) is 4.18. The number of amides is 1. The minimum atomic E-state index is -0.518. The van der Waals surface area contributed by atoms with Gasteiger partial charge in [-0.05, 0) is 46.0 Å². The van der Waals surface area contributed by atoms with Crippen LogP contribution >= 0.6 is 15.9 Å². The number of para-hydroxylation sites is 1. The van der Waals surface area contributed by atoms with Crippen molar-refractivity contribution in [3.05, 3.63) is 68.2 Å². The van der Waals surface area contributed by atoms with Crippen molar-refractivity contribution >= 4 is 33.2 Å². The van der Waals surface area contributed by atoms with Crippen LogP contribution in [0, 0.1) is 10.1 Å². The highest BCUT2D eigenvalue weighted by Crippen LogP contribution is 2.28. The zero-order valence-corrected chi connectivity index (χ0v) is 14.5. The summed E-state index contributed by atoms with van der Waals surface area (Å²) >= 11 is 3.27. The smallest absolute Gasteiger partial charge is 0.270 e. The van der Waals surface area contributed by atoms with Crippen molar-refractivity contribution in [3.8, 4) is 0 Å². The lowest BCUT2D eigenvalue weighted by atomic mass is 9.97. The summed E-state index contributed by atoms with van der Waals surface area (Å²) in [5, 5.41) is 13.7. The van der Waals surface area contributed by atoms with E-state index in [1.165, 1.54) is 18.2 Å². The number of halogens is 1. The average molecular weight is 377 g/mol. The highest BCUT2D eigenvalue weighted by atomic mass is 79.9. The van der Waals surface area contributed by atoms with Crippen molar-refractivity contribution in [1.29, 1.82) is 0 Å². The first-order chi connectivity index (χ1) is 10.9. The van der Waals surface area contributed by atoms with Gasteiger partial charge in [0.2, 0.25) is 0 Å². The predicted octanol–water partition coefficient (Wildman–Crippen LogP) is 5.12. The minimum Gasteiger partial charge on any atom is -0.322 e. The van der Waals surface area contributed by atoms with E-state index >= 15 is 0 Å². The number of nitro groups is 1. The maximum absolute atomic E-state index is 12.5. The van der Waals surface area contributed by atoms with Gasteiger partial charge in [-0.15, -0.1) is 0 Å². The fourth-order valence-electron chi connectivity index (χ4n) is 2.25. The third-order valence-corrected chi connectivity index (χ3v) is 4.45. The van der Waals surface area contributed by atoms with Gasteiger partial charge in [0, 0.05) is 22.3 Å². The van der Waals surface area contributed by atoms with E-state index in [1.54, 1.807) is 0 Å². The molecule has 2 rings (SSSR count). The molecule has 0 saturated carbocycles. The molecule has 6 heteroatoms. The van der Waals surface area contributed by atoms with Gasteiger partial charge in [0.25, 0.3) is 11.6 Å². The summed E-state index contributed by atoms with van der Waals surface area (Å²) < 4.78 is 0.515. The molecule has 0 fully saturated rings. The fraction of sp³-hybridized carbons (Fsp3) is 0.235. The summed E-state index contributed by atoms with van der Waals surface area (Å²) in [4.78, 5) is 22.9. The Morgan fingerprint density at radius 2 is 2.00 bits per heavy atom. The number of nitro benzene ring substituents is 1. The molecule has 2 aromatic rings. The third-order valence-electron chi connectivity index (χ3n) is 3.76. The number of rotatable bonds is 5. The molecule has 0 radical (unpaired) electrons. The maximum atomic E-state index is 12.5. The van der Waals surface area contributed by atoms with Crippen molar-refractivity contribution < 1.29 is 9.72 Å². The average Bonchev–Trinajstić information content (AvgIpc) is 2.54. The minimum absolute atomic E-state index is 0.117. The largest absolute Gasteiger partial charge is 0.322 e. The summed E-state index contributed by atoms with van der Waals surface area (Å²) in [7, 11) is 0. The number of non-ortho nitro benzene ring substituents is 1. The Bertz CT molecular complexity index is 746. The SMILES string of the molecule is CC[C@@H](C)c1ccccc1NC(=O)c1cc([N+](=O)[O-])ccc1Br. The molecule has 0 heterocycles. The molecule has 0 aliphatic heterocycles. The van der Waals surface area contributed by atoms with Crippen molar-refractivity contribution in [2.24, 2.45) is 0 Å². The molecule has 1 N–H and O–H groups in total. The molecule has 0 bridgehead atoms. The molecule has 2 aromatic carbocycles. The number of hydrogen-bond acceptors (Lipinski definition) is 3. The van der Waals surface area contributed by atoms with Crippen molar-refractivity contribution in [3.63, 3.8) is 0 Å². The van der Waals surface area contributed by atoms with E-state index in [9.17, 15) is 14.9 Å². The first-order valence-electron chi connectivity index (χ1n) is 7.28. The number of anilines is 1. The highest BCUT2D eigenvalue weighted by Gasteiger charge is 2.17. The Morgan fingerprint density at radius 3 is 2.65 bits per heavy atom. The second-order valence-corrected chi connectivity index (χ2v) is 6.13. The normalized spacial score (nSPS) is 11.8. The summed E-state index contributed by atoms with van der Waals surface area (Å²) in [6.07, 6.45) is 0.952. The van der Waals surface area contributed by atoms with E-state index in [4.69, 9.17) is 0 Å². The Labute approximate surface area is 143 Å². The van der Waals surface area contributed by atoms with Crippen LogP contribution in [0.5, 0.6) is 0 Å². The topological polar surface area (TPSA) is 72.2 Å². The molecule has 0 saturated heterocycles. The number of nitrogens with one attached hydrogen (secondary N) is 1. The molecule has 120 valence electrons. The number of nitrogens with zero attached hydrogens (tertiary/aromatic N) is 1. The Morgan fingerprint density at radius 1 is 1.30 bits per heavy atom. The zero-order chi connectivity index (χ0) is 17.0. The molecule has 23 heavy (non-hydrogen) atoms. The molecule has 0 spiro atoms. The molecule has 0 aromatic heterocycles. The van der Waals surface area contributed by atoms with Crippen LogP contribution in [-0.4, -0.2) is 10.8 Å². The number of carbonyl (C=O) groups excluding carboxylic acids is 1. The lowest BCUT2D eigenvalue weighted by molar-refractivity contribution is -0.384. The molecular weight excluding hydrogens is 360 g/mol. The van der Waals surface area contributed by atoms with E-state index in [0.717, 1.165) is 17.7 Å². The fourth-order valence-corrected chi connectivity index (χ4v) is 2.68. The van der Waals surface area contributed by atoms with Gasteiger partial charge in [0.05, 0.1) is 10.5 Å². The van der Waals surface area contributed by atoms with E-state index < -0.39 is 4.92 Å². The summed E-state index contributed by atoms with van der Waals surface area (Å²) in [5.41, 5.74) is 1.89. The standard InChI is InChI=1S/C17H17BrN2O3/c1-3-11(2)13-6-4-5-7-16(13)19-17(21)14-10-12(20(22)23)8-9-15(14)18/h4-11H,3H2,1-2H3,(H,19,21)/t11-/m1/s1. The second kappa shape index (κ2) is 7.37. The molecule has 0 aliphatic carbocycles. The lowest BCUT2D eigenvalue weighted by Gasteiger charge is -2.16. The lowest BCUT2D eigenvalue weighted by Crippen LogP contribution is -2.14. The van der Waals surface area contributed by atoms with Gasteiger partial charge in [0.1, 0.15) is 0 Å². The zero-order valence-electron chi connectivity index (χ0n) is 12.9. The first-order valence-corrected chi connectivity index (χ1v) is 8.07. The van der Waals surface area contributed by atoms with E-state index in [-0.39, 0.29) is 17.2 Å². The monoisotopic (exact) mass is 376 g/mol. The van der Waals surface area contributed by atoms with Crippen LogP contribution < -0.4 is 5.32 Å². The van der Waals surface area contributed by atoms with Crippen LogP contribution in [0.4, 0.5) is 11.4 Å². The number of benzene rings is 2. The van der Waals surface area contributed by atoms with Gasteiger partial charge >= 0.3 is 0 Å². The van der Waals surface area contributed by atoms with Crippen molar-refractivity contribution in [1.82, 2.24) is 0 Å². The Kier molecular flexibility index (Phi) is 5.50. The van der Waals surface area contributed by atoms with Crippen LogP contribution in [0.15, 0.2) is 46.9 Å². The van der Waals surface area contributed by atoms with Gasteiger partial charge in [-0.1, -0.05) is 32.0 Å². The maximum Gasteiger partial charge on any atom is 0.270 e. The van der Waals surface area contributed by atoms with Crippen LogP contribution in [0.25, 0.3) is 0 Å². The first kappa shape index (κ1) is 17.1. The molecule has 1 atom stereocenters. The van der Waals surface area contributed by atoms with Gasteiger partial charge in [0.15, 0.2) is 0 Å². The second-order valence-electron chi connectivity index (χ2n) is 5.27. The van der Waals surface area contributed by atoms with Crippen molar-refractivity contribution in [2.45, 2.75) is 26.2 Å². The van der Waals surface area contributed by atoms with E-state index in [2.05, 4.69) is 35.1 Å². The molecule has 0 aliphatic rings. The Hall–Kier alpha value is -2.21. The molecule has 5 nitrogen and oxygen atoms in total. The van der Waals surface area contributed by atoms with Gasteiger partial charge in [-0.25, -0.2) is 0 Å². The Balaban J connectivity index is 2.33. The van der Waals surface area contributed by atoms with Crippen LogP contribution in [0.2, 0.25) is 0 Å². The highest BCUT2D eigenvalue weighted by molar-refractivity contribution is 9.10. The number of hydrogen-bond donors (Lipinski definition) is 1. The van der Waals surface area contributed by atoms with Crippen LogP contribution in [0.3, 0.4) is 0 Å². The van der Waals surface area contributed by atoms with Crippen LogP contribution in [0.1, 0.15) is 42.1 Å². The molecule has 1 amide bonds. The van der Waals surface area contributed by atoms with Gasteiger partial charge < -0.3 is 5.32 Å².